The highest BCUT2D eigenvalue weighted by molar-refractivity contribution is 7.13. The number of piperazine rings is 1. The van der Waals surface area contributed by atoms with Crippen molar-refractivity contribution in [3.8, 4) is 11.1 Å². The SMILES string of the molecule is O=C1CCC(N2Cc3cc(CN4C[C@H]5C[C@@H]4CN5c4ccc(-c5cc(F)c6c(c5)C(=O)N(CC(=O)Nc5nccs5)C6)cc4)ccc3C2=O)C(=O)N1. The van der Waals surface area contributed by atoms with E-state index >= 15 is 4.39 Å². The highest BCUT2D eigenvalue weighted by Gasteiger charge is 2.44. The van der Waals surface area contributed by atoms with E-state index in [1.165, 1.54) is 22.3 Å². The fraction of sp³-hybridized carbons (Fsp3) is 0.316. The predicted molar refractivity (Wildman–Crippen MR) is 190 cm³/mol. The van der Waals surface area contributed by atoms with Gasteiger partial charge in [-0.3, -0.25) is 34.2 Å². The molecule has 2 bridgehead atoms. The smallest absolute Gasteiger partial charge is 0.255 e. The molecule has 5 aliphatic rings. The normalized spacial score (nSPS) is 22.3. The maximum Gasteiger partial charge on any atom is 0.255 e. The van der Waals surface area contributed by atoms with Gasteiger partial charge in [0.15, 0.2) is 5.13 Å². The van der Waals surface area contributed by atoms with Crippen LogP contribution in [0.2, 0.25) is 0 Å². The van der Waals surface area contributed by atoms with Crippen molar-refractivity contribution in [2.45, 2.75) is 57.0 Å². The van der Waals surface area contributed by atoms with Gasteiger partial charge >= 0.3 is 0 Å². The molecule has 6 heterocycles. The van der Waals surface area contributed by atoms with E-state index in [1.54, 1.807) is 22.5 Å². The zero-order valence-corrected chi connectivity index (χ0v) is 28.8. The average molecular weight is 720 g/mol. The summed E-state index contributed by atoms with van der Waals surface area (Å²) < 4.78 is 15.3. The molecule has 0 radical (unpaired) electrons. The van der Waals surface area contributed by atoms with Gasteiger partial charge in [-0.15, -0.1) is 11.3 Å². The van der Waals surface area contributed by atoms with Gasteiger partial charge in [-0.25, -0.2) is 9.37 Å². The van der Waals surface area contributed by atoms with Gasteiger partial charge in [-0.1, -0.05) is 24.3 Å². The topological polar surface area (TPSA) is 135 Å². The molecule has 1 unspecified atom stereocenters. The van der Waals surface area contributed by atoms with Crippen molar-refractivity contribution in [1.82, 2.24) is 25.0 Å². The number of aromatic nitrogens is 1. The fourth-order valence-electron chi connectivity index (χ4n) is 8.40. The van der Waals surface area contributed by atoms with Crippen molar-refractivity contribution in [3.05, 3.63) is 99.8 Å². The summed E-state index contributed by atoms with van der Waals surface area (Å²) in [5.41, 5.74) is 5.74. The molecule has 52 heavy (non-hydrogen) atoms. The Labute approximate surface area is 302 Å². The van der Waals surface area contributed by atoms with E-state index in [9.17, 15) is 24.0 Å². The number of rotatable bonds is 8. The van der Waals surface area contributed by atoms with Crippen molar-refractivity contribution in [2.75, 3.05) is 29.9 Å². The van der Waals surface area contributed by atoms with Gasteiger partial charge in [0.05, 0.1) is 6.54 Å². The zero-order valence-electron chi connectivity index (χ0n) is 28.0. The largest absolute Gasteiger partial charge is 0.366 e. The summed E-state index contributed by atoms with van der Waals surface area (Å²) in [6.07, 6.45) is 3.20. The molecule has 0 spiro atoms. The van der Waals surface area contributed by atoms with Crippen molar-refractivity contribution in [3.63, 3.8) is 0 Å². The molecule has 3 atom stereocenters. The molecule has 3 fully saturated rings. The van der Waals surface area contributed by atoms with Crippen LogP contribution in [0.15, 0.2) is 66.2 Å². The van der Waals surface area contributed by atoms with Gasteiger partial charge in [0.25, 0.3) is 11.8 Å². The number of hydrogen-bond donors (Lipinski definition) is 2. The monoisotopic (exact) mass is 719 g/mol. The Kier molecular flexibility index (Phi) is 7.88. The summed E-state index contributed by atoms with van der Waals surface area (Å²) >= 11 is 1.28. The van der Waals surface area contributed by atoms with Crippen LogP contribution in [-0.4, -0.2) is 87.0 Å². The van der Waals surface area contributed by atoms with E-state index in [0.717, 1.165) is 48.4 Å². The lowest BCUT2D eigenvalue weighted by Gasteiger charge is -2.35. The first kappa shape index (κ1) is 32.4. The van der Waals surface area contributed by atoms with Crippen LogP contribution < -0.4 is 15.5 Å². The number of thiazole rings is 1. The van der Waals surface area contributed by atoms with Crippen LogP contribution in [0, 0.1) is 5.82 Å². The second-order valence-corrected chi connectivity index (χ2v) is 15.0. The Balaban J connectivity index is 0.823. The van der Waals surface area contributed by atoms with Crippen LogP contribution in [0.3, 0.4) is 0 Å². The second kappa shape index (κ2) is 12.6. The maximum atomic E-state index is 15.3. The van der Waals surface area contributed by atoms with Crippen LogP contribution >= 0.6 is 11.3 Å². The predicted octanol–water partition coefficient (Wildman–Crippen LogP) is 3.77. The molecule has 3 aromatic carbocycles. The number of fused-ring (bicyclic) bond motifs is 4. The third-order valence-electron chi connectivity index (χ3n) is 10.9. The summed E-state index contributed by atoms with van der Waals surface area (Å²) in [5.74, 6) is -2.09. The van der Waals surface area contributed by atoms with Gasteiger partial charge < -0.3 is 20.0 Å². The number of benzene rings is 3. The molecule has 0 saturated carbocycles. The van der Waals surface area contributed by atoms with E-state index in [1.807, 2.05) is 36.4 Å². The van der Waals surface area contributed by atoms with Gasteiger partial charge in [-0.2, -0.15) is 0 Å². The molecule has 12 nitrogen and oxygen atoms in total. The summed E-state index contributed by atoms with van der Waals surface area (Å²) in [5, 5.41) is 7.21. The van der Waals surface area contributed by atoms with Crippen LogP contribution in [0.1, 0.15) is 56.7 Å². The molecule has 4 aromatic rings. The zero-order chi connectivity index (χ0) is 35.7. The van der Waals surface area contributed by atoms with Crippen LogP contribution in [0.5, 0.6) is 0 Å². The number of amides is 5. The highest BCUT2D eigenvalue weighted by Crippen LogP contribution is 2.38. The number of carbonyl (C=O) groups is 5. The summed E-state index contributed by atoms with van der Waals surface area (Å²) in [4.78, 5) is 74.7. The molecule has 264 valence electrons. The first-order chi connectivity index (χ1) is 25.2. The highest BCUT2D eigenvalue weighted by atomic mass is 32.1. The van der Waals surface area contributed by atoms with Crippen LogP contribution in [-0.2, 0) is 34.0 Å². The number of hydrogen-bond acceptors (Lipinski definition) is 9. The van der Waals surface area contributed by atoms with E-state index in [-0.39, 0.29) is 48.7 Å². The Morgan fingerprint density at radius 2 is 1.77 bits per heavy atom. The number of anilines is 2. The summed E-state index contributed by atoms with van der Waals surface area (Å²) in [6.45, 7) is 2.76. The van der Waals surface area contributed by atoms with Gasteiger partial charge in [0, 0.05) is 78.6 Å². The quantitative estimate of drug-likeness (QED) is 0.263. The molecule has 5 aliphatic heterocycles. The minimum absolute atomic E-state index is 0.0361. The van der Waals surface area contributed by atoms with Crippen molar-refractivity contribution in [2.24, 2.45) is 0 Å². The summed E-state index contributed by atoms with van der Waals surface area (Å²) in [6, 6.07) is 17.2. The van der Waals surface area contributed by atoms with Crippen molar-refractivity contribution < 1.29 is 28.4 Å². The Bertz CT molecular complexity index is 2160. The standard InChI is InChI=1S/C38H34FN7O5S/c39-31-13-23(12-29-30(31)19-44(36(29)50)20-34(48)42-38-40-9-10-52-38)22-2-4-25(5-3-22)45-18-26-14-27(45)17-43(26)15-21-1-6-28-24(11-21)16-46(37(28)51)32-7-8-33(47)41-35(32)49/h1-6,9-13,26-27,32H,7-8,14-20H2,(H,40,42,48)(H,41,47,49)/t26-,27-,32?/m1/s1. The molecular formula is C38H34FN7O5S. The second-order valence-electron chi connectivity index (χ2n) is 14.1. The minimum Gasteiger partial charge on any atom is -0.366 e. The Hall–Kier alpha value is -5.47. The van der Waals surface area contributed by atoms with E-state index < -0.39 is 17.8 Å². The van der Waals surface area contributed by atoms with Crippen molar-refractivity contribution >= 4 is 51.7 Å². The lowest BCUT2D eigenvalue weighted by Crippen LogP contribution is -2.52. The van der Waals surface area contributed by atoms with Crippen LogP contribution in [0.4, 0.5) is 15.2 Å². The molecule has 0 aliphatic carbocycles. The number of nitrogens with one attached hydrogen (secondary N) is 2. The molecule has 3 saturated heterocycles. The number of imide groups is 1. The lowest BCUT2D eigenvalue weighted by atomic mass is 9.99. The number of nitrogens with zero attached hydrogens (tertiary/aromatic N) is 5. The van der Waals surface area contributed by atoms with Gasteiger partial charge in [-0.05, 0) is 65.4 Å². The van der Waals surface area contributed by atoms with E-state index in [0.29, 0.717) is 46.9 Å². The number of piperidine rings is 1. The fourth-order valence-corrected chi connectivity index (χ4v) is 8.94. The van der Waals surface area contributed by atoms with Crippen molar-refractivity contribution in [1.29, 1.82) is 0 Å². The maximum absolute atomic E-state index is 15.3. The van der Waals surface area contributed by atoms with E-state index in [4.69, 9.17) is 0 Å². The molecule has 14 heteroatoms. The molecule has 5 amide bonds. The molecule has 1 aromatic heterocycles. The van der Waals surface area contributed by atoms with Crippen LogP contribution in [0.25, 0.3) is 11.1 Å². The Morgan fingerprint density at radius 1 is 0.923 bits per heavy atom. The summed E-state index contributed by atoms with van der Waals surface area (Å²) in [7, 11) is 0. The number of halogens is 1. The third-order valence-corrected chi connectivity index (χ3v) is 11.6. The number of carbonyl (C=O) groups excluding carboxylic acids is 5. The molecule has 2 N–H and O–H groups in total. The Morgan fingerprint density at radius 3 is 2.52 bits per heavy atom. The average Bonchev–Trinajstić information content (AvgIpc) is 3.97. The first-order valence-corrected chi connectivity index (χ1v) is 18.2. The van der Waals surface area contributed by atoms with Gasteiger partial charge in [0.1, 0.15) is 18.4 Å². The minimum atomic E-state index is -0.624. The first-order valence-electron chi connectivity index (χ1n) is 17.4. The molecular weight excluding hydrogens is 686 g/mol. The molecule has 9 rings (SSSR count). The van der Waals surface area contributed by atoms with E-state index in [2.05, 4.69) is 31.5 Å². The lowest BCUT2D eigenvalue weighted by molar-refractivity contribution is -0.137. The third kappa shape index (κ3) is 5.71. The van der Waals surface area contributed by atoms with Gasteiger partial charge in [0.2, 0.25) is 17.7 Å². The number of likely N-dealkylation sites (tertiary alicyclic amines) is 1.